The number of aromatic amines is 2. The van der Waals surface area contributed by atoms with Crippen molar-refractivity contribution in [3.05, 3.63) is 31.5 Å². The van der Waals surface area contributed by atoms with Crippen LogP contribution in [0, 0.1) is 0 Å². The van der Waals surface area contributed by atoms with Crippen molar-refractivity contribution in [2.24, 2.45) is 0 Å². The molecular formula is C15H33N3O12Si3. The molecule has 1 atom stereocenters. The molecule has 1 rings (SSSR count). The normalized spacial score (nSPS) is 14.5. The van der Waals surface area contributed by atoms with Gasteiger partial charge in [0.1, 0.15) is 0 Å². The Labute approximate surface area is 193 Å². The van der Waals surface area contributed by atoms with Gasteiger partial charge in [0.25, 0.3) is 0 Å². The summed E-state index contributed by atoms with van der Waals surface area (Å²) in [5.74, 6) is 0. The highest BCUT2D eigenvalue weighted by Crippen LogP contribution is 2.51. The second kappa shape index (κ2) is 11.4. The smallest absolute Gasteiger partial charge is 0.377 e. The fourth-order valence-corrected chi connectivity index (χ4v) is 16.9. The second-order valence-electron chi connectivity index (χ2n) is 6.57. The van der Waals surface area contributed by atoms with Crippen LogP contribution in [0.1, 0.15) is 6.92 Å². The first kappa shape index (κ1) is 29.7. The minimum Gasteiger partial charge on any atom is -0.377 e. The fraction of sp³-hybridized carbons (Fsp3) is 0.800. The predicted octanol–water partition coefficient (Wildman–Crippen LogP) is -1.98. The van der Waals surface area contributed by atoms with Crippen LogP contribution >= 0.6 is 0 Å². The van der Waals surface area contributed by atoms with Gasteiger partial charge in [0, 0.05) is 64.0 Å². The Morgan fingerprint density at radius 3 is 1.18 bits per heavy atom. The maximum Gasteiger partial charge on any atom is 0.532 e. The van der Waals surface area contributed by atoms with E-state index in [0.717, 1.165) is 0 Å². The van der Waals surface area contributed by atoms with Crippen molar-refractivity contribution >= 4 is 26.4 Å². The van der Waals surface area contributed by atoms with E-state index in [1.54, 1.807) is 6.92 Å². The van der Waals surface area contributed by atoms with Crippen LogP contribution in [-0.2, 0) is 44.6 Å². The lowest BCUT2D eigenvalue weighted by atomic mass is 10.4. The Morgan fingerprint density at radius 1 is 0.636 bits per heavy atom. The summed E-state index contributed by atoms with van der Waals surface area (Å²) in [7, 11) is -0.894. The third kappa shape index (κ3) is 4.19. The summed E-state index contributed by atoms with van der Waals surface area (Å²) in [6.45, 7) is 1.57. The zero-order valence-electron chi connectivity index (χ0n) is 20.4. The molecule has 1 unspecified atom stereocenters. The lowest BCUT2D eigenvalue weighted by Crippen LogP contribution is -2.85. The molecule has 0 bridgehead atoms. The van der Waals surface area contributed by atoms with Gasteiger partial charge >= 0.3 is 43.5 Å². The molecule has 15 nitrogen and oxygen atoms in total. The van der Waals surface area contributed by atoms with Gasteiger partial charge in [-0.15, -0.1) is 0 Å². The van der Waals surface area contributed by atoms with Crippen molar-refractivity contribution in [1.29, 1.82) is 0 Å². The van der Waals surface area contributed by atoms with E-state index in [2.05, 4.69) is 0 Å². The summed E-state index contributed by atoms with van der Waals surface area (Å²) in [6, 6.07) is 0. The lowest BCUT2D eigenvalue weighted by Gasteiger charge is -2.53. The quantitative estimate of drug-likeness (QED) is 0.254. The Bertz CT molecular complexity index is 859. The first-order chi connectivity index (χ1) is 15.5. The highest BCUT2D eigenvalue weighted by atomic mass is 28.5. The third-order valence-corrected chi connectivity index (χ3v) is 17.8. The van der Waals surface area contributed by atoms with E-state index in [1.165, 1.54) is 64.0 Å². The minimum atomic E-state index is -4.34. The molecule has 0 aromatic carbocycles. The van der Waals surface area contributed by atoms with E-state index in [0.29, 0.717) is 4.57 Å². The molecule has 33 heavy (non-hydrogen) atoms. The van der Waals surface area contributed by atoms with Crippen molar-refractivity contribution in [1.82, 2.24) is 14.5 Å². The number of rotatable bonds is 14. The van der Waals surface area contributed by atoms with E-state index >= 15 is 0 Å². The van der Waals surface area contributed by atoms with Crippen molar-refractivity contribution in [2.75, 3.05) is 64.0 Å². The molecule has 0 fully saturated rings. The Kier molecular flexibility index (Phi) is 10.3. The fourth-order valence-electron chi connectivity index (χ4n) is 4.40. The summed E-state index contributed by atoms with van der Waals surface area (Å²) in [5.41, 5.74) is -4.41. The Hall–Kier alpha value is -1.30. The number of H-pyrrole nitrogens is 2. The van der Waals surface area contributed by atoms with E-state index in [-0.39, 0.29) is 0 Å². The maximum absolute atomic E-state index is 13.3. The Morgan fingerprint density at radius 2 is 0.939 bits per heavy atom. The molecule has 1 aromatic heterocycles. The molecule has 1 aromatic rings. The van der Waals surface area contributed by atoms with E-state index < -0.39 is 53.8 Å². The van der Waals surface area contributed by atoms with Crippen LogP contribution in [-0.4, -0.2) is 105 Å². The number of nitrogens with zero attached hydrogens (tertiary/aromatic N) is 1. The van der Waals surface area contributed by atoms with E-state index in [4.69, 9.17) is 39.8 Å². The molecule has 2 N–H and O–H groups in total. The minimum absolute atomic E-state index is 0.656. The van der Waals surface area contributed by atoms with Crippen molar-refractivity contribution in [3.63, 3.8) is 0 Å². The molecule has 18 heteroatoms. The van der Waals surface area contributed by atoms with E-state index in [9.17, 15) is 14.4 Å². The van der Waals surface area contributed by atoms with Crippen LogP contribution in [0.15, 0.2) is 14.4 Å². The van der Waals surface area contributed by atoms with Gasteiger partial charge in [-0.25, -0.2) is 19.0 Å². The number of hydrogen-bond donors (Lipinski definition) is 2. The molecule has 0 spiro atoms. The second-order valence-corrected chi connectivity index (χ2v) is 16.6. The first-order valence-electron chi connectivity index (χ1n) is 9.45. The monoisotopic (exact) mass is 531 g/mol. The molecule has 0 aliphatic carbocycles. The summed E-state index contributed by atoms with van der Waals surface area (Å²) < 4.78 is 52.5. The molecular weight excluding hydrogens is 498 g/mol. The summed E-state index contributed by atoms with van der Waals surface area (Å²) in [5, 5.41) is 0. The van der Waals surface area contributed by atoms with Crippen molar-refractivity contribution in [2.45, 2.75) is 17.3 Å². The van der Waals surface area contributed by atoms with Crippen LogP contribution in [0.5, 0.6) is 0 Å². The highest BCUT2D eigenvalue weighted by molar-refractivity contribution is 6.86. The predicted molar refractivity (Wildman–Crippen MR) is 120 cm³/mol. The van der Waals surface area contributed by atoms with Gasteiger partial charge in [0.2, 0.25) is 0 Å². The molecule has 0 aliphatic heterocycles. The van der Waals surface area contributed by atoms with Gasteiger partial charge in [0.05, 0.1) is 5.54 Å². The zero-order valence-corrected chi connectivity index (χ0v) is 23.4. The molecule has 0 amide bonds. The number of nitrogens with one attached hydrogen (secondary N) is 2. The molecule has 0 aliphatic rings. The SMILES string of the molecule is CO[Si](OC)(OC)C(C)C(n1c(=O)[nH]c(=O)[nH]c1=O)([Si](OC)(OC)OC)[Si](OC)(OC)OC. The van der Waals surface area contributed by atoms with Crippen LogP contribution < -0.4 is 17.1 Å². The van der Waals surface area contributed by atoms with Gasteiger partial charge in [-0.3, -0.25) is 9.97 Å². The maximum atomic E-state index is 13.3. The van der Waals surface area contributed by atoms with Crippen LogP contribution in [0.2, 0.25) is 5.54 Å². The standard InChI is InChI=1S/C15H33N3O12Si3/c1-11(31(22-2,23-3)24-4)15(32(25-5,26-6)27-7,33(28-8,29-9)30-10)18-13(20)16-12(19)17-14(18)21/h11H,1-10H3,(H2,16,17,19,20,21). The van der Waals surface area contributed by atoms with Gasteiger partial charge in [0.15, 0.2) is 4.79 Å². The Balaban J connectivity index is 4.66. The van der Waals surface area contributed by atoms with Gasteiger partial charge in [-0.05, 0) is 0 Å². The molecule has 192 valence electrons. The van der Waals surface area contributed by atoms with Crippen molar-refractivity contribution < 1.29 is 39.8 Å². The zero-order chi connectivity index (χ0) is 25.7. The van der Waals surface area contributed by atoms with Gasteiger partial charge in [-0.2, -0.15) is 0 Å². The van der Waals surface area contributed by atoms with Crippen LogP contribution in [0.25, 0.3) is 0 Å². The summed E-state index contributed by atoms with van der Waals surface area (Å²) in [6.07, 6.45) is 0. The molecule has 0 radical (unpaired) electrons. The largest absolute Gasteiger partial charge is 0.532 e. The van der Waals surface area contributed by atoms with Crippen molar-refractivity contribution in [3.8, 4) is 0 Å². The lowest BCUT2D eigenvalue weighted by molar-refractivity contribution is 0.0151. The summed E-state index contributed by atoms with van der Waals surface area (Å²) >= 11 is 0. The van der Waals surface area contributed by atoms with Gasteiger partial charge < -0.3 is 39.8 Å². The highest BCUT2D eigenvalue weighted by Gasteiger charge is 2.84. The molecule has 1 heterocycles. The molecule has 0 saturated carbocycles. The average Bonchev–Trinajstić information content (AvgIpc) is 2.82. The van der Waals surface area contributed by atoms with Gasteiger partial charge in [-0.1, -0.05) is 6.92 Å². The number of aromatic nitrogens is 3. The topological polar surface area (TPSA) is 171 Å². The van der Waals surface area contributed by atoms with Crippen LogP contribution in [0.4, 0.5) is 0 Å². The third-order valence-electron chi connectivity index (χ3n) is 5.76. The van der Waals surface area contributed by atoms with Crippen LogP contribution in [0.3, 0.4) is 0 Å². The number of hydrogen-bond acceptors (Lipinski definition) is 12. The van der Waals surface area contributed by atoms with E-state index in [1.807, 2.05) is 9.97 Å². The summed E-state index contributed by atoms with van der Waals surface area (Å²) in [4.78, 5) is 40.4. The average molecular weight is 532 g/mol. The molecule has 0 saturated heterocycles. The first-order valence-corrected chi connectivity index (χ1v) is 14.7.